The van der Waals surface area contributed by atoms with Crippen LogP contribution < -0.4 is 10.8 Å². The van der Waals surface area contributed by atoms with Crippen molar-refractivity contribution in [1.29, 1.82) is 5.26 Å². The zero-order valence-electron chi connectivity index (χ0n) is 12.3. The molecule has 0 bridgehead atoms. The van der Waals surface area contributed by atoms with Gasteiger partial charge >= 0.3 is 0 Å². The van der Waals surface area contributed by atoms with Crippen molar-refractivity contribution in [2.24, 2.45) is 0 Å². The Balaban J connectivity index is 2.17. The lowest BCUT2D eigenvalue weighted by Crippen LogP contribution is -2.24. The third kappa shape index (κ3) is 4.80. The number of nitriles is 1. The molecule has 0 saturated carbocycles. The number of aromatic nitrogens is 4. The van der Waals surface area contributed by atoms with Gasteiger partial charge in [-0.05, 0) is 44.5 Å². The Labute approximate surface area is 132 Å². The molecule has 0 saturated heterocycles. The third-order valence-electron chi connectivity index (χ3n) is 2.19. The number of hydrogen-bond donors (Lipinski definition) is 2. The summed E-state index contributed by atoms with van der Waals surface area (Å²) in [5.41, 5.74) is 2.66. The van der Waals surface area contributed by atoms with Crippen molar-refractivity contribution in [2.45, 2.75) is 26.4 Å². The molecular formula is C13H14ClN7O. The molecule has 0 aliphatic rings. The van der Waals surface area contributed by atoms with Crippen LogP contribution in [0.2, 0.25) is 5.28 Å². The van der Waals surface area contributed by atoms with E-state index in [9.17, 15) is 0 Å². The largest absolute Gasteiger partial charge is 0.309 e. The van der Waals surface area contributed by atoms with Crippen LogP contribution in [0.5, 0.6) is 0 Å². The number of rotatable bonds is 4. The van der Waals surface area contributed by atoms with Gasteiger partial charge in [-0.1, -0.05) is 0 Å². The van der Waals surface area contributed by atoms with E-state index in [-0.39, 0.29) is 17.2 Å². The van der Waals surface area contributed by atoms with Crippen molar-refractivity contribution in [3.63, 3.8) is 0 Å². The van der Waals surface area contributed by atoms with E-state index >= 15 is 0 Å². The number of pyridine rings is 1. The summed E-state index contributed by atoms with van der Waals surface area (Å²) in [6.07, 6.45) is 1.51. The van der Waals surface area contributed by atoms with Crippen LogP contribution in [-0.2, 0) is 4.84 Å². The summed E-state index contributed by atoms with van der Waals surface area (Å²) in [5, 5.41) is 11.7. The van der Waals surface area contributed by atoms with Gasteiger partial charge in [0.1, 0.15) is 5.82 Å². The maximum absolute atomic E-state index is 8.87. The monoisotopic (exact) mass is 319 g/mol. The van der Waals surface area contributed by atoms with E-state index in [2.05, 4.69) is 30.7 Å². The molecule has 22 heavy (non-hydrogen) atoms. The van der Waals surface area contributed by atoms with Crippen molar-refractivity contribution in [1.82, 2.24) is 19.9 Å². The molecule has 0 unspecified atom stereocenters. The van der Waals surface area contributed by atoms with Crippen LogP contribution in [0.3, 0.4) is 0 Å². The standard InChI is InChI=1S/C13H14ClN7O/c1-13(2,3)22-21-12-19-10(14)18-11(20-12)17-9-6-8(7-15)4-5-16-9/h4-6H,1-3H3,(H2,16,17,18,19,20,21). The van der Waals surface area contributed by atoms with Gasteiger partial charge in [0.25, 0.3) is 5.95 Å². The summed E-state index contributed by atoms with van der Waals surface area (Å²) in [4.78, 5) is 21.4. The minimum absolute atomic E-state index is 0.00560. The maximum atomic E-state index is 8.87. The van der Waals surface area contributed by atoms with Gasteiger partial charge in [-0.2, -0.15) is 20.2 Å². The normalized spacial score (nSPS) is 10.9. The molecule has 2 rings (SSSR count). The van der Waals surface area contributed by atoms with Crippen LogP contribution >= 0.6 is 11.6 Å². The third-order valence-corrected chi connectivity index (χ3v) is 2.35. The average Bonchev–Trinajstić information content (AvgIpc) is 2.44. The molecule has 2 N–H and O–H groups in total. The van der Waals surface area contributed by atoms with Gasteiger partial charge in [0.15, 0.2) is 0 Å². The van der Waals surface area contributed by atoms with Gasteiger partial charge in [-0.3, -0.25) is 4.84 Å². The SMILES string of the molecule is CC(C)(C)ONc1nc(Cl)nc(Nc2cc(C#N)ccn2)n1. The lowest BCUT2D eigenvalue weighted by atomic mass is 10.2. The summed E-state index contributed by atoms with van der Waals surface area (Å²) in [7, 11) is 0. The van der Waals surface area contributed by atoms with Crippen LogP contribution in [0, 0.1) is 11.3 Å². The van der Waals surface area contributed by atoms with Crippen LogP contribution in [0.4, 0.5) is 17.7 Å². The van der Waals surface area contributed by atoms with E-state index in [1.54, 1.807) is 12.1 Å². The molecule has 0 amide bonds. The Hall–Kier alpha value is -2.50. The lowest BCUT2D eigenvalue weighted by molar-refractivity contribution is 0.0358. The number of hydrogen-bond acceptors (Lipinski definition) is 8. The topological polar surface area (TPSA) is 109 Å². The first-order valence-corrected chi connectivity index (χ1v) is 6.72. The predicted molar refractivity (Wildman–Crippen MR) is 81.5 cm³/mol. The molecule has 8 nitrogen and oxygen atoms in total. The Morgan fingerprint density at radius 2 is 1.95 bits per heavy atom. The summed E-state index contributed by atoms with van der Waals surface area (Å²) in [6.45, 7) is 5.62. The van der Waals surface area contributed by atoms with Crippen molar-refractivity contribution in [3.05, 3.63) is 29.2 Å². The highest BCUT2D eigenvalue weighted by Gasteiger charge is 2.13. The molecule has 9 heteroatoms. The van der Waals surface area contributed by atoms with Gasteiger partial charge in [0.2, 0.25) is 11.2 Å². The van der Waals surface area contributed by atoms with Crippen molar-refractivity contribution >= 4 is 29.3 Å². The van der Waals surface area contributed by atoms with E-state index in [0.29, 0.717) is 11.4 Å². The molecule has 2 aromatic rings. The van der Waals surface area contributed by atoms with Crippen LogP contribution in [0.25, 0.3) is 0 Å². The highest BCUT2D eigenvalue weighted by Crippen LogP contribution is 2.16. The quantitative estimate of drug-likeness (QED) is 0.828. The van der Waals surface area contributed by atoms with Gasteiger partial charge in [-0.15, -0.1) is 0 Å². The average molecular weight is 320 g/mol. The lowest BCUT2D eigenvalue weighted by Gasteiger charge is -2.18. The smallest absolute Gasteiger partial charge is 0.253 e. The molecule has 0 aliphatic heterocycles. The molecule has 0 atom stereocenters. The first-order chi connectivity index (χ1) is 10.4. The van der Waals surface area contributed by atoms with Crippen molar-refractivity contribution < 1.29 is 4.84 Å². The predicted octanol–water partition coefficient (Wildman–Crippen LogP) is 2.68. The van der Waals surface area contributed by atoms with E-state index in [0.717, 1.165) is 0 Å². The van der Waals surface area contributed by atoms with Crippen LogP contribution in [-0.4, -0.2) is 25.5 Å². The molecule has 114 valence electrons. The number of nitrogens with one attached hydrogen (secondary N) is 2. The van der Waals surface area contributed by atoms with E-state index in [4.69, 9.17) is 21.7 Å². The second kappa shape index (κ2) is 6.51. The summed E-state index contributed by atoms with van der Waals surface area (Å²) in [6, 6.07) is 5.18. The molecular weight excluding hydrogens is 306 g/mol. The second-order valence-electron chi connectivity index (χ2n) is 5.23. The molecule has 0 aromatic carbocycles. The molecule has 0 spiro atoms. The number of anilines is 3. The first kappa shape index (κ1) is 15.9. The Bertz CT molecular complexity index is 708. The highest BCUT2D eigenvalue weighted by atomic mass is 35.5. The Morgan fingerprint density at radius 1 is 1.23 bits per heavy atom. The fraction of sp³-hybridized carbons (Fsp3) is 0.308. The fourth-order valence-electron chi connectivity index (χ4n) is 1.33. The Morgan fingerprint density at radius 3 is 2.64 bits per heavy atom. The zero-order chi connectivity index (χ0) is 16.2. The second-order valence-corrected chi connectivity index (χ2v) is 5.57. The molecule has 0 aliphatic carbocycles. The summed E-state index contributed by atoms with van der Waals surface area (Å²) >= 11 is 5.85. The summed E-state index contributed by atoms with van der Waals surface area (Å²) < 4.78 is 0. The summed E-state index contributed by atoms with van der Waals surface area (Å²) in [5.74, 6) is 0.764. The Kier molecular flexibility index (Phi) is 4.70. The van der Waals surface area contributed by atoms with E-state index < -0.39 is 5.60 Å². The molecule has 2 aromatic heterocycles. The van der Waals surface area contributed by atoms with Crippen molar-refractivity contribution in [3.8, 4) is 6.07 Å². The van der Waals surface area contributed by atoms with E-state index in [1.165, 1.54) is 6.20 Å². The van der Waals surface area contributed by atoms with Gasteiger partial charge in [-0.25, -0.2) is 10.5 Å². The number of nitrogens with zero attached hydrogens (tertiary/aromatic N) is 5. The van der Waals surface area contributed by atoms with Crippen molar-refractivity contribution in [2.75, 3.05) is 10.8 Å². The van der Waals surface area contributed by atoms with Crippen LogP contribution in [0.1, 0.15) is 26.3 Å². The molecule has 0 fully saturated rings. The number of halogens is 1. The molecule has 0 radical (unpaired) electrons. The van der Waals surface area contributed by atoms with Gasteiger partial charge in [0, 0.05) is 6.20 Å². The van der Waals surface area contributed by atoms with Gasteiger partial charge in [0.05, 0.1) is 17.2 Å². The first-order valence-electron chi connectivity index (χ1n) is 6.34. The molecule has 2 heterocycles. The highest BCUT2D eigenvalue weighted by molar-refractivity contribution is 6.28. The fourth-order valence-corrected chi connectivity index (χ4v) is 1.49. The van der Waals surface area contributed by atoms with E-state index in [1.807, 2.05) is 26.8 Å². The zero-order valence-corrected chi connectivity index (χ0v) is 13.0. The van der Waals surface area contributed by atoms with Gasteiger partial charge < -0.3 is 5.32 Å². The minimum Gasteiger partial charge on any atom is -0.309 e. The minimum atomic E-state index is -0.421. The maximum Gasteiger partial charge on any atom is 0.253 e. The van der Waals surface area contributed by atoms with Crippen LogP contribution in [0.15, 0.2) is 18.3 Å².